The van der Waals surface area contributed by atoms with Gasteiger partial charge in [0, 0.05) is 38.6 Å². The van der Waals surface area contributed by atoms with Crippen LogP contribution in [0.2, 0.25) is 0 Å². The normalized spacial score (nSPS) is 15.0. The zero-order chi connectivity index (χ0) is 25.5. The molecule has 0 bridgehead atoms. The van der Waals surface area contributed by atoms with Gasteiger partial charge in [-0.15, -0.1) is 0 Å². The maximum absolute atomic E-state index is 13.4. The lowest BCUT2D eigenvalue weighted by Crippen LogP contribution is -2.36. The number of benzene rings is 2. The van der Waals surface area contributed by atoms with Crippen molar-refractivity contribution in [3.05, 3.63) is 105 Å². The van der Waals surface area contributed by atoms with Crippen LogP contribution < -0.4 is 16.1 Å². The molecule has 2 aromatic carbocycles. The van der Waals surface area contributed by atoms with E-state index in [0.29, 0.717) is 19.6 Å². The molecule has 1 aromatic heterocycles. The van der Waals surface area contributed by atoms with E-state index in [4.69, 9.17) is 4.74 Å². The molecule has 36 heavy (non-hydrogen) atoms. The third-order valence-electron chi connectivity index (χ3n) is 6.17. The topological polar surface area (TPSA) is 89.4 Å². The van der Waals surface area contributed by atoms with E-state index in [-0.39, 0.29) is 36.1 Å². The first-order valence-electron chi connectivity index (χ1n) is 12.1. The second-order valence-corrected chi connectivity index (χ2v) is 9.05. The molecule has 0 spiro atoms. The number of aryl methyl sites for hydroxylation is 1. The van der Waals surface area contributed by atoms with Crippen molar-refractivity contribution in [1.82, 2.24) is 15.2 Å². The standard InChI is InChI=1S/C28H30FN3O4/c1-19-7-9-21(10-8-19)15-31-28(35)25-18-32(16-23-6-3-13-36-23)17-24(26(25)33)27(34)30-12-11-20-4-2-5-22(29)14-20/h2,4-5,7-10,14,17-18,23H,3,6,11-13,15-16H2,1H3,(H,30,34)(H,31,35)/t23-/m1/s1. The zero-order valence-corrected chi connectivity index (χ0v) is 20.3. The van der Waals surface area contributed by atoms with Gasteiger partial charge in [-0.05, 0) is 49.4 Å². The van der Waals surface area contributed by atoms with E-state index < -0.39 is 17.2 Å². The van der Waals surface area contributed by atoms with Crippen LogP contribution in [0.4, 0.5) is 4.39 Å². The molecule has 8 heteroatoms. The minimum absolute atomic E-state index is 0.0418. The fourth-order valence-corrected chi connectivity index (χ4v) is 4.18. The second kappa shape index (κ2) is 11.8. The molecule has 2 amide bonds. The third-order valence-corrected chi connectivity index (χ3v) is 6.17. The van der Waals surface area contributed by atoms with Gasteiger partial charge < -0.3 is 19.9 Å². The van der Waals surface area contributed by atoms with E-state index in [1.165, 1.54) is 24.5 Å². The van der Waals surface area contributed by atoms with Gasteiger partial charge in [0.1, 0.15) is 16.9 Å². The van der Waals surface area contributed by atoms with Crippen LogP contribution in [-0.2, 0) is 24.2 Å². The molecule has 7 nitrogen and oxygen atoms in total. The molecule has 1 saturated heterocycles. The molecule has 3 aromatic rings. The van der Waals surface area contributed by atoms with Gasteiger partial charge in [-0.2, -0.15) is 0 Å². The summed E-state index contributed by atoms with van der Waals surface area (Å²) in [6.07, 6.45) is 5.14. The van der Waals surface area contributed by atoms with Crippen molar-refractivity contribution in [1.29, 1.82) is 0 Å². The van der Waals surface area contributed by atoms with Gasteiger partial charge >= 0.3 is 0 Å². The van der Waals surface area contributed by atoms with E-state index in [2.05, 4.69) is 10.6 Å². The molecule has 1 fully saturated rings. The number of carbonyl (C=O) groups is 2. The number of rotatable bonds is 9. The highest BCUT2D eigenvalue weighted by Crippen LogP contribution is 2.14. The Hall–Kier alpha value is -3.78. The first kappa shape index (κ1) is 25.3. The number of ether oxygens (including phenoxy) is 1. The quantitative estimate of drug-likeness (QED) is 0.480. The third kappa shape index (κ3) is 6.66. The molecule has 1 aliphatic rings. The smallest absolute Gasteiger partial charge is 0.257 e. The van der Waals surface area contributed by atoms with Crippen molar-refractivity contribution in [2.75, 3.05) is 13.2 Å². The van der Waals surface area contributed by atoms with E-state index in [1.54, 1.807) is 16.7 Å². The summed E-state index contributed by atoms with van der Waals surface area (Å²) in [5.74, 6) is -1.47. The number of hydrogen-bond acceptors (Lipinski definition) is 4. The number of nitrogens with one attached hydrogen (secondary N) is 2. The van der Waals surface area contributed by atoms with Crippen LogP contribution in [-0.4, -0.2) is 35.6 Å². The van der Waals surface area contributed by atoms with Crippen LogP contribution in [0.5, 0.6) is 0 Å². The van der Waals surface area contributed by atoms with Crippen LogP contribution in [0.15, 0.2) is 65.7 Å². The van der Waals surface area contributed by atoms with Gasteiger partial charge in [-0.25, -0.2) is 4.39 Å². The summed E-state index contributed by atoms with van der Waals surface area (Å²) in [4.78, 5) is 39.1. The van der Waals surface area contributed by atoms with Crippen LogP contribution in [0.1, 0.15) is 50.2 Å². The summed E-state index contributed by atoms with van der Waals surface area (Å²) in [6, 6.07) is 13.9. The minimum atomic E-state index is -0.636. The Labute approximate surface area is 209 Å². The number of aromatic nitrogens is 1. The number of hydrogen-bond donors (Lipinski definition) is 2. The first-order chi connectivity index (χ1) is 17.4. The number of pyridine rings is 1. The highest BCUT2D eigenvalue weighted by molar-refractivity contribution is 5.99. The Morgan fingerprint density at radius 3 is 2.42 bits per heavy atom. The molecule has 0 saturated carbocycles. The van der Waals surface area contributed by atoms with Crippen LogP contribution in [0, 0.1) is 12.7 Å². The summed E-state index contributed by atoms with van der Waals surface area (Å²) < 4.78 is 20.8. The predicted octanol–water partition coefficient (Wildman–Crippen LogP) is 3.38. The Bertz CT molecular complexity index is 1280. The lowest BCUT2D eigenvalue weighted by molar-refractivity contribution is 0.0925. The Kier molecular flexibility index (Phi) is 8.28. The number of nitrogens with zero attached hydrogens (tertiary/aromatic N) is 1. The van der Waals surface area contributed by atoms with Gasteiger partial charge in [0.05, 0.1) is 6.10 Å². The van der Waals surface area contributed by atoms with E-state index in [9.17, 15) is 18.8 Å². The first-order valence-corrected chi connectivity index (χ1v) is 12.1. The largest absolute Gasteiger partial charge is 0.376 e. The number of halogens is 1. The Morgan fingerprint density at radius 1 is 1.03 bits per heavy atom. The highest BCUT2D eigenvalue weighted by atomic mass is 19.1. The van der Waals surface area contributed by atoms with Crippen LogP contribution in [0.25, 0.3) is 0 Å². The van der Waals surface area contributed by atoms with Gasteiger partial charge in [-0.1, -0.05) is 42.0 Å². The Balaban J connectivity index is 1.51. The van der Waals surface area contributed by atoms with Crippen molar-refractivity contribution in [3.8, 4) is 0 Å². The second-order valence-electron chi connectivity index (χ2n) is 9.05. The molecule has 1 aliphatic heterocycles. The minimum Gasteiger partial charge on any atom is -0.376 e. The summed E-state index contributed by atoms with van der Waals surface area (Å²) in [5, 5.41) is 5.50. The van der Waals surface area contributed by atoms with Gasteiger partial charge in [0.2, 0.25) is 5.43 Å². The number of amides is 2. The Morgan fingerprint density at radius 2 is 1.75 bits per heavy atom. The van der Waals surface area contributed by atoms with Crippen LogP contribution >= 0.6 is 0 Å². The van der Waals surface area contributed by atoms with Crippen molar-refractivity contribution >= 4 is 11.8 Å². The fraction of sp³-hybridized carbons (Fsp3) is 0.321. The predicted molar refractivity (Wildman–Crippen MR) is 134 cm³/mol. The molecule has 0 radical (unpaired) electrons. The van der Waals surface area contributed by atoms with Crippen molar-refractivity contribution in [2.45, 2.75) is 45.4 Å². The molecule has 4 rings (SSSR count). The average Bonchev–Trinajstić information content (AvgIpc) is 3.37. The van der Waals surface area contributed by atoms with Gasteiger partial charge in [0.15, 0.2) is 0 Å². The molecular weight excluding hydrogens is 461 g/mol. The van der Waals surface area contributed by atoms with Crippen LogP contribution in [0.3, 0.4) is 0 Å². The lowest BCUT2D eigenvalue weighted by atomic mass is 10.1. The summed E-state index contributed by atoms with van der Waals surface area (Å²) in [7, 11) is 0. The molecule has 1 atom stereocenters. The molecule has 188 valence electrons. The van der Waals surface area contributed by atoms with Gasteiger partial charge in [-0.3, -0.25) is 14.4 Å². The van der Waals surface area contributed by atoms with Crippen molar-refractivity contribution < 1.29 is 18.7 Å². The summed E-state index contributed by atoms with van der Waals surface area (Å²) >= 11 is 0. The van der Waals surface area contributed by atoms with E-state index >= 15 is 0 Å². The monoisotopic (exact) mass is 491 g/mol. The maximum Gasteiger partial charge on any atom is 0.257 e. The summed E-state index contributed by atoms with van der Waals surface area (Å²) in [5.41, 5.74) is 1.89. The lowest BCUT2D eigenvalue weighted by Gasteiger charge is -2.16. The zero-order valence-electron chi connectivity index (χ0n) is 20.3. The molecule has 0 aliphatic carbocycles. The van der Waals surface area contributed by atoms with E-state index in [0.717, 1.165) is 29.5 Å². The van der Waals surface area contributed by atoms with Gasteiger partial charge in [0.25, 0.3) is 11.8 Å². The van der Waals surface area contributed by atoms with Crippen molar-refractivity contribution in [2.24, 2.45) is 0 Å². The summed E-state index contributed by atoms with van der Waals surface area (Å²) in [6.45, 7) is 3.56. The molecule has 0 unspecified atom stereocenters. The molecule has 2 N–H and O–H groups in total. The van der Waals surface area contributed by atoms with Crippen molar-refractivity contribution in [3.63, 3.8) is 0 Å². The van der Waals surface area contributed by atoms with E-state index in [1.807, 2.05) is 31.2 Å². The molecule has 2 heterocycles. The average molecular weight is 492 g/mol. The maximum atomic E-state index is 13.4. The fourth-order valence-electron chi connectivity index (χ4n) is 4.18. The molecular formula is C28H30FN3O4. The SMILES string of the molecule is Cc1ccc(CNC(=O)c2cn(C[C@H]3CCCO3)cc(C(=O)NCCc3cccc(F)c3)c2=O)cc1. The number of carbonyl (C=O) groups excluding carboxylic acids is 2. The highest BCUT2D eigenvalue weighted by Gasteiger charge is 2.22.